The third-order valence-electron chi connectivity index (χ3n) is 2.78. The minimum Gasteiger partial charge on any atom is -0.354 e. The van der Waals surface area contributed by atoms with Gasteiger partial charge in [-0.2, -0.15) is 0 Å². The van der Waals surface area contributed by atoms with E-state index in [0.29, 0.717) is 11.5 Å². The van der Waals surface area contributed by atoms with Gasteiger partial charge in [0.15, 0.2) is 0 Å². The number of hydrogen-bond acceptors (Lipinski definition) is 2. The molecule has 0 atom stereocenters. The summed E-state index contributed by atoms with van der Waals surface area (Å²) in [5.41, 5.74) is 0.541. The summed E-state index contributed by atoms with van der Waals surface area (Å²) in [5, 5.41) is 5.40. The Labute approximate surface area is 114 Å². The molecule has 0 saturated heterocycles. The average Bonchev–Trinajstić information content (AvgIpc) is 3.17. The maximum atomic E-state index is 11.7. The molecule has 4 nitrogen and oxygen atoms in total. The van der Waals surface area contributed by atoms with Gasteiger partial charge in [-0.3, -0.25) is 9.59 Å². The van der Waals surface area contributed by atoms with Crippen LogP contribution in [0.25, 0.3) is 0 Å². The molecule has 1 aromatic carbocycles. The van der Waals surface area contributed by atoms with E-state index >= 15 is 0 Å². The van der Waals surface area contributed by atoms with Crippen LogP contribution in [0.1, 0.15) is 23.2 Å². The summed E-state index contributed by atoms with van der Waals surface area (Å²) >= 11 is 3.30. The minimum absolute atomic E-state index is 0.0259. The van der Waals surface area contributed by atoms with Gasteiger partial charge in [0, 0.05) is 16.6 Å². The number of carbonyl (C=O) groups is 2. The number of benzene rings is 1. The van der Waals surface area contributed by atoms with Crippen LogP contribution < -0.4 is 10.6 Å². The molecule has 1 aromatic rings. The smallest absolute Gasteiger partial charge is 0.251 e. The van der Waals surface area contributed by atoms with Crippen molar-refractivity contribution >= 4 is 27.7 Å². The van der Waals surface area contributed by atoms with Gasteiger partial charge in [0.25, 0.3) is 5.91 Å². The lowest BCUT2D eigenvalue weighted by Crippen LogP contribution is -2.37. The van der Waals surface area contributed by atoms with E-state index in [-0.39, 0.29) is 18.4 Å². The van der Waals surface area contributed by atoms with Gasteiger partial charge in [-0.05, 0) is 37.0 Å². The van der Waals surface area contributed by atoms with Gasteiger partial charge in [-0.1, -0.05) is 22.0 Å². The van der Waals surface area contributed by atoms with Gasteiger partial charge >= 0.3 is 0 Å². The number of nitrogens with one attached hydrogen (secondary N) is 2. The Morgan fingerprint density at radius 1 is 1.28 bits per heavy atom. The first-order valence-electron chi connectivity index (χ1n) is 5.95. The van der Waals surface area contributed by atoms with Gasteiger partial charge in [0.1, 0.15) is 0 Å². The molecule has 0 heterocycles. The van der Waals surface area contributed by atoms with Crippen molar-refractivity contribution in [3.05, 3.63) is 34.3 Å². The molecular weight excluding hydrogens is 296 g/mol. The highest BCUT2D eigenvalue weighted by molar-refractivity contribution is 9.10. The Morgan fingerprint density at radius 2 is 2.06 bits per heavy atom. The van der Waals surface area contributed by atoms with Crippen LogP contribution in [0.5, 0.6) is 0 Å². The summed E-state index contributed by atoms with van der Waals surface area (Å²) < 4.78 is 0.841. The lowest BCUT2D eigenvalue weighted by atomic mass is 10.2. The van der Waals surface area contributed by atoms with Gasteiger partial charge in [-0.25, -0.2) is 0 Å². The van der Waals surface area contributed by atoms with Crippen LogP contribution >= 0.6 is 15.9 Å². The third-order valence-corrected chi connectivity index (χ3v) is 3.27. The van der Waals surface area contributed by atoms with E-state index in [1.165, 1.54) is 12.8 Å². The molecule has 18 heavy (non-hydrogen) atoms. The number of rotatable bonds is 5. The van der Waals surface area contributed by atoms with Gasteiger partial charge in [0.05, 0.1) is 6.54 Å². The first kappa shape index (κ1) is 13.1. The van der Waals surface area contributed by atoms with E-state index in [0.717, 1.165) is 11.0 Å². The van der Waals surface area contributed by atoms with Crippen LogP contribution in [-0.2, 0) is 4.79 Å². The SMILES string of the molecule is O=C(CNC(=O)c1cccc(Br)c1)NCC1CC1. The third kappa shape index (κ3) is 4.14. The Bertz CT molecular complexity index is 458. The minimum atomic E-state index is -0.238. The highest BCUT2D eigenvalue weighted by Gasteiger charge is 2.21. The lowest BCUT2D eigenvalue weighted by molar-refractivity contribution is -0.120. The predicted octanol–water partition coefficient (Wildman–Crippen LogP) is 1.71. The van der Waals surface area contributed by atoms with E-state index in [1.54, 1.807) is 18.2 Å². The van der Waals surface area contributed by atoms with Crippen LogP contribution in [0.3, 0.4) is 0 Å². The predicted molar refractivity (Wildman–Crippen MR) is 72.2 cm³/mol. The molecule has 0 aromatic heterocycles. The van der Waals surface area contributed by atoms with Crippen LogP contribution in [0.2, 0.25) is 0 Å². The molecule has 2 N–H and O–H groups in total. The first-order valence-corrected chi connectivity index (χ1v) is 6.75. The number of halogens is 1. The van der Waals surface area contributed by atoms with Gasteiger partial charge in [-0.15, -0.1) is 0 Å². The van der Waals surface area contributed by atoms with Crippen LogP contribution in [0.15, 0.2) is 28.7 Å². The zero-order valence-electron chi connectivity index (χ0n) is 9.91. The van der Waals surface area contributed by atoms with E-state index in [4.69, 9.17) is 0 Å². The number of carbonyl (C=O) groups excluding carboxylic acids is 2. The zero-order valence-corrected chi connectivity index (χ0v) is 11.5. The lowest BCUT2D eigenvalue weighted by Gasteiger charge is -2.06. The second kappa shape index (κ2) is 6.00. The fourth-order valence-electron chi connectivity index (χ4n) is 1.53. The quantitative estimate of drug-likeness (QED) is 0.870. The van der Waals surface area contributed by atoms with Crippen LogP contribution in [0, 0.1) is 5.92 Å². The fourth-order valence-corrected chi connectivity index (χ4v) is 1.93. The molecular formula is C13H15BrN2O2. The topological polar surface area (TPSA) is 58.2 Å². The van der Waals surface area contributed by atoms with Crippen molar-refractivity contribution in [2.45, 2.75) is 12.8 Å². The van der Waals surface area contributed by atoms with Crippen LogP contribution in [-0.4, -0.2) is 24.9 Å². The molecule has 2 rings (SSSR count). The molecule has 0 radical (unpaired) electrons. The molecule has 0 spiro atoms. The van der Waals surface area contributed by atoms with E-state index in [1.807, 2.05) is 6.07 Å². The van der Waals surface area contributed by atoms with Gasteiger partial charge in [0.2, 0.25) is 5.91 Å². The van der Waals surface area contributed by atoms with Crippen molar-refractivity contribution in [1.29, 1.82) is 0 Å². The second-order valence-corrected chi connectivity index (χ2v) is 5.36. The van der Waals surface area contributed by atoms with Crippen molar-refractivity contribution < 1.29 is 9.59 Å². The van der Waals surface area contributed by atoms with E-state index in [2.05, 4.69) is 26.6 Å². The number of amides is 2. The zero-order chi connectivity index (χ0) is 13.0. The summed E-state index contributed by atoms with van der Waals surface area (Å²) in [6.45, 7) is 0.754. The highest BCUT2D eigenvalue weighted by Crippen LogP contribution is 2.27. The molecule has 2 amide bonds. The Balaban J connectivity index is 1.75. The first-order chi connectivity index (χ1) is 8.65. The maximum absolute atomic E-state index is 11.7. The fraction of sp³-hybridized carbons (Fsp3) is 0.385. The number of hydrogen-bond donors (Lipinski definition) is 2. The van der Waals surface area contributed by atoms with E-state index in [9.17, 15) is 9.59 Å². The van der Waals surface area contributed by atoms with Crippen molar-refractivity contribution in [3.63, 3.8) is 0 Å². The molecule has 96 valence electrons. The molecule has 1 aliphatic carbocycles. The summed E-state index contributed by atoms with van der Waals surface area (Å²) in [4.78, 5) is 23.2. The standard InChI is InChI=1S/C13H15BrN2O2/c14-11-3-1-2-10(6-11)13(18)16-8-12(17)15-7-9-4-5-9/h1-3,6,9H,4-5,7-8H2,(H,15,17)(H,16,18). The van der Waals surface area contributed by atoms with Crippen molar-refractivity contribution in [2.75, 3.05) is 13.1 Å². The summed E-state index contributed by atoms with van der Waals surface area (Å²) in [6.07, 6.45) is 2.40. The van der Waals surface area contributed by atoms with Crippen LogP contribution in [0.4, 0.5) is 0 Å². The largest absolute Gasteiger partial charge is 0.354 e. The molecule has 1 aliphatic rings. The molecule has 0 aliphatic heterocycles. The van der Waals surface area contributed by atoms with E-state index < -0.39 is 0 Å². The maximum Gasteiger partial charge on any atom is 0.251 e. The molecule has 5 heteroatoms. The average molecular weight is 311 g/mol. The molecule has 1 saturated carbocycles. The second-order valence-electron chi connectivity index (χ2n) is 4.44. The summed E-state index contributed by atoms with van der Waals surface area (Å²) in [5.74, 6) is 0.276. The summed E-state index contributed by atoms with van der Waals surface area (Å²) in [6, 6.07) is 7.06. The highest BCUT2D eigenvalue weighted by atomic mass is 79.9. The normalized spacial score (nSPS) is 14.1. The molecule has 0 unspecified atom stereocenters. The van der Waals surface area contributed by atoms with Crippen molar-refractivity contribution in [3.8, 4) is 0 Å². The Hall–Kier alpha value is -1.36. The van der Waals surface area contributed by atoms with Gasteiger partial charge < -0.3 is 10.6 Å². The molecule has 1 fully saturated rings. The van der Waals surface area contributed by atoms with Crippen molar-refractivity contribution in [2.24, 2.45) is 5.92 Å². The Kier molecular flexibility index (Phi) is 4.36. The Morgan fingerprint density at radius 3 is 2.72 bits per heavy atom. The summed E-state index contributed by atoms with van der Waals surface area (Å²) in [7, 11) is 0. The van der Waals surface area contributed by atoms with Crippen molar-refractivity contribution in [1.82, 2.24) is 10.6 Å². The monoisotopic (exact) mass is 310 g/mol. The molecule has 0 bridgehead atoms.